The van der Waals surface area contributed by atoms with Gasteiger partial charge in [-0.2, -0.15) is 5.26 Å². The zero-order chi connectivity index (χ0) is 14.6. The first-order chi connectivity index (χ1) is 9.54. The van der Waals surface area contributed by atoms with Gasteiger partial charge in [0.15, 0.2) is 0 Å². The van der Waals surface area contributed by atoms with Crippen LogP contribution >= 0.6 is 0 Å². The van der Waals surface area contributed by atoms with E-state index in [2.05, 4.69) is 28.0 Å². The Kier molecular flexibility index (Phi) is 4.51. The molecule has 1 aliphatic heterocycles. The first-order valence-electron chi connectivity index (χ1n) is 7.07. The third kappa shape index (κ3) is 3.64. The summed E-state index contributed by atoms with van der Waals surface area (Å²) in [4.78, 5) is 4.76. The van der Waals surface area contributed by atoms with Crippen molar-refractivity contribution < 1.29 is 4.74 Å². The molecular formula is C16H23N3O. The molecule has 0 amide bonds. The quantitative estimate of drug-likeness (QED) is 0.844. The number of nitrogens with zero attached hydrogens (tertiary/aromatic N) is 3. The summed E-state index contributed by atoms with van der Waals surface area (Å²) in [5.74, 6) is 0.892. The van der Waals surface area contributed by atoms with Gasteiger partial charge in [0.1, 0.15) is 5.75 Å². The fourth-order valence-corrected chi connectivity index (χ4v) is 2.55. The van der Waals surface area contributed by atoms with Crippen molar-refractivity contribution in [1.29, 1.82) is 5.26 Å². The molecule has 0 saturated carbocycles. The minimum Gasteiger partial charge on any atom is -0.497 e. The van der Waals surface area contributed by atoms with Crippen LogP contribution < -0.4 is 9.64 Å². The van der Waals surface area contributed by atoms with E-state index < -0.39 is 0 Å². The van der Waals surface area contributed by atoms with E-state index in [1.165, 1.54) is 5.69 Å². The number of methoxy groups -OCH3 is 1. The minimum atomic E-state index is -0.262. The van der Waals surface area contributed by atoms with Gasteiger partial charge in [-0.3, -0.25) is 4.90 Å². The normalized spacial score (nSPS) is 16.8. The van der Waals surface area contributed by atoms with Gasteiger partial charge < -0.3 is 9.64 Å². The molecule has 1 aromatic rings. The fourth-order valence-electron chi connectivity index (χ4n) is 2.55. The average molecular weight is 273 g/mol. The average Bonchev–Trinajstić information content (AvgIpc) is 2.48. The van der Waals surface area contributed by atoms with Gasteiger partial charge in [-0.05, 0) is 38.1 Å². The Balaban J connectivity index is 1.89. The summed E-state index contributed by atoms with van der Waals surface area (Å²) < 4.78 is 5.18. The Bertz CT molecular complexity index is 467. The number of ether oxygens (including phenoxy) is 1. The molecule has 2 rings (SSSR count). The minimum absolute atomic E-state index is 0.262. The van der Waals surface area contributed by atoms with Crippen LogP contribution in [0.2, 0.25) is 0 Å². The molecule has 0 unspecified atom stereocenters. The maximum Gasteiger partial charge on any atom is 0.119 e. The van der Waals surface area contributed by atoms with E-state index in [0.717, 1.165) is 38.5 Å². The van der Waals surface area contributed by atoms with E-state index in [4.69, 9.17) is 10.00 Å². The lowest BCUT2D eigenvalue weighted by atomic mass is 9.95. The monoisotopic (exact) mass is 273 g/mol. The van der Waals surface area contributed by atoms with Crippen molar-refractivity contribution >= 4 is 5.69 Å². The second kappa shape index (κ2) is 6.15. The van der Waals surface area contributed by atoms with Gasteiger partial charge in [-0.1, -0.05) is 0 Å². The molecule has 0 spiro atoms. The second-order valence-electron chi connectivity index (χ2n) is 5.96. The van der Waals surface area contributed by atoms with E-state index in [-0.39, 0.29) is 5.41 Å². The largest absolute Gasteiger partial charge is 0.497 e. The summed E-state index contributed by atoms with van der Waals surface area (Å²) in [6, 6.07) is 10.6. The first kappa shape index (κ1) is 14.7. The van der Waals surface area contributed by atoms with Crippen molar-refractivity contribution in [2.45, 2.75) is 13.8 Å². The number of hydrogen-bond acceptors (Lipinski definition) is 4. The Morgan fingerprint density at radius 2 is 1.75 bits per heavy atom. The lowest BCUT2D eigenvalue weighted by molar-refractivity contribution is 0.203. The number of hydrogen-bond donors (Lipinski definition) is 0. The summed E-state index contributed by atoms with van der Waals surface area (Å²) in [5.41, 5.74) is 0.979. The van der Waals surface area contributed by atoms with Gasteiger partial charge in [0.05, 0.1) is 18.6 Å². The number of rotatable bonds is 4. The Morgan fingerprint density at radius 3 is 2.25 bits per heavy atom. The molecule has 0 radical (unpaired) electrons. The topological polar surface area (TPSA) is 39.5 Å². The molecule has 1 fully saturated rings. The molecule has 20 heavy (non-hydrogen) atoms. The molecule has 0 aromatic heterocycles. The van der Waals surface area contributed by atoms with Gasteiger partial charge in [-0.15, -0.1) is 0 Å². The number of benzene rings is 1. The van der Waals surface area contributed by atoms with E-state index in [1.54, 1.807) is 7.11 Å². The molecule has 1 aliphatic rings. The molecule has 4 heteroatoms. The summed E-state index contributed by atoms with van der Waals surface area (Å²) >= 11 is 0. The molecule has 0 bridgehead atoms. The van der Waals surface area contributed by atoms with Gasteiger partial charge in [-0.25, -0.2) is 0 Å². The number of anilines is 1. The third-order valence-corrected chi connectivity index (χ3v) is 3.73. The van der Waals surface area contributed by atoms with Crippen LogP contribution in [0.1, 0.15) is 13.8 Å². The van der Waals surface area contributed by atoms with Gasteiger partial charge in [0, 0.05) is 38.4 Å². The van der Waals surface area contributed by atoms with Crippen molar-refractivity contribution in [3.8, 4) is 11.8 Å². The summed E-state index contributed by atoms with van der Waals surface area (Å²) in [5, 5.41) is 9.11. The third-order valence-electron chi connectivity index (χ3n) is 3.73. The van der Waals surface area contributed by atoms with Crippen LogP contribution in [-0.2, 0) is 0 Å². The first-order valence-corrected chi connectivity index (χ1v) is 7.07. The van der Waals surface area contributed by atoms with E-state index in [1.807, 2.05) is 26.0 Å². The molecule has 1 aromatic carbocycles. The predicted molar refractivity (Wildman–Crippen MR) is 81.0 cm³/mol. The van der Waals surface area contributed by atoms with E-state index >= 15 is 0 Å². The van der Waals surface area contributed by atoms with Crippen LogP contribution in [-0.4, -0.2) is 44.7 Å². The molecule has 4 nitrogen and oxygen atoms in total. The zero-order valence-corrected chi connectivity index (χ0v) is 12.6. The highest BCUT2D eigenvalue weighted by Gasteiger charge is 2.24. The molecular weight excluding hydrogens is 250 g/mol. The van der Waals surface area contributed by atoms with Crippen molar-refractivity contribution in [2.75, 3.05) is 44.7 Å². The maximum absolute atomic E-state index is 9.11. The summed E-state index contributed by atoms with van der Waals surface area (Å²) in [6.07, 6.45) is 0. The Hall–Kier alpha value is -1.73. The van der Waals surface area contributed by atoms with Crippen molar-refractivity contribution in [1.82, 2.24) is 4.90 Å². The van der Waals surface area contributed by atoms with E-state index in [9.17, 15) is 0 Å². The smallest absolute Gasteiger partial charge is 0.119 e. The van der Waals surface area contributed by atoms with Crippen LogP contribution in [0.4, 0.5) is 5.69 Å². The lowest BCUT2D eigenvalue weighted by Gasteiger charge is -2.38. The Morgan fingerprint density at radius 1 is 1.15 bits per heavy atom. The SMILES string of the molecule is COc1ccc(N2CCN(CC(C)(C)C#N)CC2)cc1. The lowest BCUT2D eigenvalue weighted by Crippen LogP contribution is -2.48. The van der Waals surface area contributed by atoms with Gasteiger partial charge >= 0.3 is 0 Å². The van der Waals surface area contributed by atoms with Gasteiger partial charge in [0.25, 0.3) is 0 Å². The molecule has 0 atom stereocenters. The molecule has 108 valence electrons. The van der Waals surface area contributed by atoms with Crippen molar-refractivity contribution in [3.05, 3.63) is 24.3 Å². The van der Waals surface area contributed by atoms with Crippen LogP contribution in [0, 0.1) is 16.7 Å². The highest BCUT2D eigenvalue weighted by Crippen LogP contribution is 2.22. The van der Waals surface area contributed by atoms with Crippen molar-refractivity contribution in [2.24, 2.45) is 5.41 Å². The van der Waals surface area contributed by atoms with E-state index in [0.29, 0.717) is 0 Å². The van der Waals surface area contributed by atoms with Crippen LogP contribution in [0.25, 0.3) is 0 Å². The molecule has 0 N–H and O–H groups in total. The fraction of sp³-hybridized carbons (Fsp3) is 0.562. The highest BCUT2D eigenvalue weighted by molar-refractivity contribution is 5.49. The van der Waals surface area contributed by atoms with Gasteiger partial charge in [0.2, 0.25) is 0 Å². The van der Waals surface area contributed by atoms with Crippen LogP contribution in [0.5, 0.6) is 5.75 Å². The molecule has 1 heterocycles. The predicted octanol–water partition coefficient (Wildman–Crippen LogP) is 2.37. The maximum atomic E-state index is 9.11. The molecule has 0 aliphatic carbocycles. The van der Waals surface area contributed by atoms with Crippen LogP contribution in [0.3, 0.4) is 0 Å². The standard InChI is InChI=1S/C16H23N3O/c1-16(2,12-17)13-18-8-10-19(11-9-18)14-4-6-15(20-3)7-5-14/h4-7H,8-11,13H2,1-3H3. The number of piperazine rings is 1. The summed E-state index contributed by atoms with van der Waals surface area (Å²) in [7, 11) is 1.69. The summed E-state index contributed by atoms with van der Waals surface area (Å²) in [6.45, 7) is 8.89. The highest BCUT2D eigenvalue weighted by atomic mass is 16.5. The zero-order valence-electron chi connectivity index (χ0n) is 12.6. The Labute approximate surface area is 121 Å². The van der Waals surface area contributed by atoms with Crippen molar-refractivity contribution in [3.63, 3.8) is 0 Å². The van der Waals surface area contributed by atoms with Crippen LogP contribution in [0.15, 0.2) is 24.3 Å². The molecule has 1 saturated heterocycles. The number of nitriles is 1. The second-order valence-corrected chi connectivity index (χ2v) is 5.96.